The van der Waals surface area contributed by atoms with Crippen LogP contribution in [0.25, 0.3) is 12.2 Å². The summed E-state index contributed by atoms with van der Waals surface area (Å²) in [7, 11) is 2.60. The quantitative estimate of drug-likeness (QED) is 0.0120. The topological polar surface area (TPSA) is 216 Å². The third-order valence-corrected chi connectivity index (χ3v) is 10.2. The molecular weight excluding hydrogens is 947 g/mol. The minimum absolute atomic E-state index is 0.0550. The van der Waals surface area contributed by atoms with Gasteiger partial charge in [-0.15, -0.1) is 0 Å². The number of carbonyl (C=O) groups is 4. The van der Waals surface area contributed by atoms with Crippen molar-refractivity contribution in [3.8, 4) is 34.5 Å². The molecule has 0 amide bonds. The first kappa shape index (κ1) is 54.1. The summed E-state index contributed by atoms with van der Waals surface area (Å²) in [5.74, 6) is -4.25. The highest BCUT2D eigenvalue weighted by Gasteiger charge is 2.36. The standard InChI is InChI=1S/C51H48F6N2O12/c1-66-43-27-32(11-19-41(43)68-23-3-21-50(52,53)54)48(64)70-37-13-5-30(6-14-37)9-17-39(60)46(62)45(34-25-35(58)29-36(59)26-34)47(63)40(61)18-10-31-7-15-38(16-8-31)71-49(65)33-12-20-42(44(28-33)67-2)69-24-4-22-51(55,56)57/h5-20,25-29,45-47,62-63H,3-4,21-24,58-59H2,1-2H3/b17-9+,18-10+. The number of esters is 2. The van der Waals surface area contributed by atoms with E-state index >= 15 is 0 Å². The van der Waals surface area contributed by atoms with Crippen LogP contribution in [0.15, 0.2) is 115 Å². The monoisotopic (exact) mass is 994 g/mol. The molecule has 0 bridgehead atoms. The molecular formula is C51H48F6N2O12. The summed E-state index contributed by atoms with van der Waals surface area (Å²) in [6.07, 6.45) is -10.5. The van der Waals surface area contributed by atoms with E-state index in [1.54, 1.807) is 0 Å². The number of methoxy groups -OCH3 is 2. The number of halogens is 6. The molecule has 0 aromatic heterocycles. The molecule has 14 nitrogen and oxygen atoms in total. The van der Waals surface area contributed by atoms with Gasteiger partial charge in [-0.3, -0.25) is 9.59 Å². The van der Waals surface area contributed by atoms with Gasteiger partial charge in [-0.1, -0.05) is 36.4 Å². The summed E-state index contributed by atoms with van der Waals surface area (Å²) < 4.78 is 107. The lowest BCUT2D eigenvalue weighted by molar-refractivity contribution is -0.137. The number of ether oxygens (including phenoxy) is 6. The lowest BCUT2D eigenvalue weighted by Gasteiger charge is -2.26. The molecule has 0 radical (unpaired) electrons. The van der Waals surface area contributed by atoms with E-state index in [1.165, 1.54) is 129 Å². The fraction of sp³-hybridized carbons (Fsp3) is 0.255. The average molecular weight is 995 g/mol. The molecule has 2 unspecified atom stereocenters. The van der Waals surface area contributed by atoms with Crippen molar-refractivity contribution in [1.29, 1.82) is 0 Å². The van der Waals surface area contributed by atoms with Crippen LogP contribution in [0, 0.1) is 0 Å². The highest BCUT2D eigenvalue weighted by molar-refractivity contribution is 6.01. The smallest absolute Gasteiger partial charge is 0.389 e. The van der Waals surface area contributed by atoms with Gasteiger partial charge in [0, 0.05) is 24.2 Å². The zero-order valence-electron chi connectivity index (χ0n) is 38.0. The Morgan fingerprint density at radius 2 is 0.930 bits per heavy atom. The van der Waals surface area contributed by atoms with E-state index in [0.29, 0.717) is 11.1 Å². The van der Waals surface area contributed by atoms with Crippen LogP contribution in [-0.2, 0) is 9.59 Å². The number of anilines is 2. The molecule has 376 valence electrons. The number of ketones is 2. The van der Waals surface area contributed by atoms with Gasteiger partial charge in [-0.25, -0.2) is 9.59 Å². The van der Waals surface area contributed by atoms with E-state index in [0.717, 1.165) is 12.2 Å². The van der Waals surface area contributed by atoms with Gasteiger partial charge in [-0.05, 0) is 121 Å². The van der Waals surface area contributed by atoms with Gasteiger partial charge >= 0.3 is 24.3 Å². The van der Waals surface area contributed by atoms with Gasteiger partial charge in [-0.2, -0.15) is 26.3 Å². The molecule has 0 fully saturated rings. The number of aliphatic hydroxyl groups excluding tert-OH is 2. The predicted molar refractivity (Wildman–Crippen MR) is 248 cm³/mol. The molecule has 0 aliphatic rings. The van der Waals surface area contributed by atoms with E-state index in [1.807, 2.05) is 0 Å². The van der Waals surface area contributed by atoms with Crippen molar-refractivity contribution in [2.75, 3.05) is 38.9 Å². The Hall–Kier alpha value is -7.84. The van der Waals surface area contributed by atoms with Crippen molar-refractivity contribution < 1.29 is 84.2 Å². The van der Waals surface area contributed by atoms with Gasteiger partial charge < -0.3 is 50.1 Å². The zero-order chi connectivity index (χ0) is 51.9. The molecule has 6 N–H and O–H groups in total. The maximum atomic E-state index is 13.4. The van der Waals surface area contributed by atoms with Gasteiger partial charge in [0.2, 0.25) is 0 Å². The summed E-state index contributed by atoms with van der Waals surface area (Å²) in [6, 6.07) is 23.9. The number of benzene rings is 5. The molecule has 0 saturated carbocycles. The molecule has 71 heavy (non-hydrogen) atoms. The Kier molecular flexibility index (Phi) is 18.8. The maximum absolute atomic E-state index is 13.4. The van der Waals surface area contributed by atoms with E-state index in [4.69, 9.17) is 39.9 Å². The second-order valence-electron chi connectivity index (χ2n) is 15.6. The largest absolute Gasteiger partial charge is 0.493 e. The summed E-state index contributed by atoms with van der Waals surface area (Å²) in [6.45, 7) is -0.455. The van der Waals surface area contributed by atoms with Crippen LogP contribution in [0.4, 0.5) is 37.7 Å². The molecule has 2 atom stereocenters. The number of aliphatic hydroxyl groups is 2. The molecule has 20 heteroatoms. The van der Waals surface area contributed by atoms with Gasteiger partial charge in [0.05, 0.1) is 44.5 Å². The number of nitrogens with two attached hydrogens (primary N) is 2. The van der Waals surface area contributed by atoms with Crippen molar-refractivity contribution >= 4 is 47.0 Å². The van der Waals surface area contributed by atoms with Crippen LogP contribution in [0.3, 0.4) is 0 Å². The second kappa shape index (κ2) is 24.6. The van der Waals surface area contributed by atoms with E-state index < -0.39 is 66.8 Å². The van der Waals surface area contributed by atoms with Crippen molar-refractivity contribution in [3.05, 3.63) is 143 Å². The number of carbonyl (C=O) groups excluding carboxylic acids is 4. The first-order chi connectivity index (χ1) is 33.6. The Bertz CT molecular complexity index is 2530. The highest BCUT2D eigenvalue weighted by Crippen LogP contribution is 2.33. The molecule has 0 aliphatic carbocycles. The lowest BCUT2D eigenvalue weighted by atomic mass is 9.83. The van der Waals surface area contributed by atoms with E-state index in [-0.39, 0.29) is 88.6 Å². The minimum atomic E-state index is -4.32. The van der Waals surface area contributed by atoms with Gasteiger partial charge in [0.25, 0.3) is 0 Å². The van der Waals surface area contributed by atoms with Crippen molar-refractivity contribution in [3.63, 3.8) is 0 Å². The van der Waals surface area contributed by atoms with Gasteiger partial charge in [0.1, 0.15) is 23.7 Å². The highest BCUT2D eigenvalue weighted by atomic mass is 19.4. The van der Waals surface area contributed by atoms with E-state index in [9.17, 15) is 55.7 Å². The molecule has 5 aromatic carbocycles. The van der Waals surface area contributed by atoms with Crippen LogP contribution in [0.2, 0.25) is 0 Å². The molecule has 0 aliphatic heterocycles. The Morgan fingerprint density at radius 1 is 0.549 bits per heavy atom. The third kappa shape index (κ3) is 16.7. The molecule has 0 spiro atoms. The zero-order valence-corrected chi connectivity index (χ0v) is 38.0. The van der Waals surface area contributed by atoms with Crippen LogP contribution in [0.1, 0.15) is 69.0 Å². The van der Waals surface area contributed by atoms with Crippen LogP contribution in [0.5, 0.6) is 34.5 Å². The molecule has 5 rings (SSSR count). The predicted octanol–water partition coefficient (Wildman–Crippen LogP) is 9.12. The normalized spacial score (nSPS) is 13.0. The summed E-state index contributed by atoms with van der Waals surface area (Å²) in [4.78, 5) is 52.7. The third-order valence-electron chi connectivity index (χ3n) is 10.2. The fourth-order valence-electron chi connectivity index (χ4n) is 6.70. The summed E-state index contributed by atoms with van der Waals surface area (Å²) in [5.41, 5.74) is 13.3. The lowest BCUT2D eigenvalue weighted by Crippen LogP contribution is -2.38. The first-order valence-corrected chi connectivity index (χ1v) is 21.5. The van der Waals surface area contributed by atoms with Crippen LogP contribution >= 0.6 is 0 Å². The number of rotatable bonds is 23. The number of nitrogen functional groups attached to an aromatic ring is 2. The van der Waals surface area contributed by atoms with Crippen LogP contribution in [-0.4, -0.2) is 85.7 Å². The van der Waals surface area contributed by atoms with Crippen molar-refractivity contribution in [1.82, 2.24) is 0 Å². The molecule has 0 heterocycles. The summed E-state index contributed by atoms with van der Waals surface area (Å²) in [5, 5.41) is 22.7. The SMILES string of the molecule is COc1cc(C(=O)Oc2ccc(/C=C/C(=O)C(O)C(c3cc(N)cc(N)c3)C(O)C(=O)/C=C/c3ccc(OC(=O)c4ccc(OCCCC(F)(F)F)c(OC)c4)cc3)cc2)ccc1OCCCC(F)(F)F. The Balaban J connectivity index is 1.20. The van der Waals surface area contributed by atoms with Crippen LogP contribution < -0.4 is 39.9 Å². The molecule has 5 aromatic rings. The minimum Gasteiger partial charge on any atom is -0.493 e. The maximum Gasteiger partial charge on any atom is 0.389 e. The van der Waals surface area contributed by atoms with Crippen molar-refractivity contribution in [2.45, 2.75) is 56.2 Å². The Morgan fingerprint density at radius 3 is 1.28 bits per heavy atom. The number of hydrogen-bond acceptors (Lipinski definition) is 14. The van der Waals surface area contributed by atoms with Crippen molar-refractivity contribution in [2.24, 2.45) is 0 Å². The average Bonchev–Trinajstić information content (AvgIpc) is 3.32. The first-order valence-electron chi connectivity index (χ1n) is 21.5. The number of hydrogen-bond donors (Lipinski definition) is 4. The summed E-state index contributed by atoms with van der Waals surface area (Å²) >= 11 is 0. The molecule has 0 saturated heterocycles. The van der Waals surface area contributed by atoms with Gasteiger partial charge in [0.15, 0.2) is 34.6 Å². The fourth-order valence-corrected chi connectivity index (χ4v) is 6.70. The Labute approximate surface area is 403 Å². The second-order valence-corrected chi connectivity index (χ2v) is 15.6. The van der Waals surface area contributed by atoms with E-state index in [2.05, 4.69) is 0 Å². The number of alkyl halides is 6.